The zero-order valence-electron chi connectivity index (χ0n) is 17.6. The van der Waals surface area contributed by atoms with Gasteiger partial charge in [0, 0.05) is 25.1 Å². The normalized spacial score (nSPS) is 22.1. The first kappa shape index (κ1) is 21.3. The van der Waals surface area contributed by atoms with Gasteiger partial charge in [-0.25, -0.2) is 18.0 Å². The first-order valence-electron chi connectivity index (χ1n) is 10.6. The Balaban J connectivity index is 1.20. The van der Waals surface area contributed by atoms with Crippen molar-refractivity contribution >= 4 is 17.4 Å². The summed E-state index contributed by atoms with van der Waals surface area (Å²) in [4.78, 5) is 18.7. The third-order valence-corrected chi connectivity index (χ3v) is 6.71. The lowest BCUT2D eigenvalue weighted by molar-refractivity contribution is 0.0856. The van der Waals surface area contributed by atoms with E-state index in [0.29, 0.717) is 25.5 Å². The van der Waals surface area contributed by atoms with E-state index in [0.717, 1.165) is 24.6 Å². The molecular formula is C23H17ClF3N3O4. The van der Waals surface area contributed by atoms with Gasteiger partial charge in [-0.05, 0) is 29.8 Å². The van der Waals surface area contributed by atoms with Crippen LogP contribution >= 0.6 is 11.6 Å². The number of rotatable bonds is 5. The molecule has 2 fully saturated rings. The van der Waals surface area contributed by atoms with Crippen LogP contribution in [0, 0.1) is 17.5 Å². The molecule has 0 N–H and O–H groups in total. The van der Waals surface area contributed by atoms with Gasteiger partial charge in [0.25, 0.3) is 0 Å². The molecule has 0 aliphatic carbocycles. The monoisotopic (exact) mass is 491 g/mol. The van der Waals surface area contributed by atoms with E-state index in [1.165, 1.54) is 12.1 Å². The summed E-state index contributed by atoms with van der Waals surface area (Å²) >= 11 is 5.61. The predicted octanol–water partition coefficient (Wildman–Crippen LogP) is 4.05. The number of ether oxygens (including phenoxy) is 3. The van der Waals surface area contributed by atoms with Crippen LogP contribution in [0.4, 0.5) is 19.0 Å². The van der Waals surface area contributed by atoms with Crippen molar-refractivity contribution < 1.29 is 27.4 Å². The second-order valence-electron chi connectivity index (χ2n) is 8.65. The first-order chi connectivity index (χ1) is 16.3. The quantitative estimate of drug-likeness (QED) is 0.536. The minimum absolute atomic E-state index is 0.0646. The van der Waals surface area contributed by atoms with Crippen LogP contribution in [0.15, 0.2) is 41.2 Å². The van der Waals surface area contributed by atoms with Gasteiger partial charge in [0.1, 0.15) is 24.0 Å². The van der Waals surface area contributed by atoms with E-state index >= 15 is 0 Å². The summed E-state index contributed by atoms with van der Waals surface area (Å²) in [5.74, 6) is -2.78. The summed E-state index contributed by atoms with van der Waals surface area (Å²) in [6.07, 6.45) is 1.01. The Morgan fingerprint density at radius 2 is 1.94 bits per heavy atom. The first-order valence-corrected chi connectivity index (χ1v) is 10.9. The topological polar surface area (TPSA) is 65.8 Å². The van der Waals surface area contributed by atoms with Gasteiger partial charge in [0.05, 0.1) is 29.8 Å². The number of fused-ring (bicyclic) bond motifs is 3. The number of anilines is 1. The SMILES string of the molecule is O=c1nc(OCc2cc(F)c(Oc3ccc(Cl)c(F)c3)c(F)c2)cc2n1C[C@]13CO[C@H](CN21)C3. The van der Waals surface area contributed by atoms with E-state index in [9.17, 15) is 18.0 Å². The number of morpholine rings is 1. The fourth-order valence-corrected chi connectivity index (χ4v) is 4.99. The van der Waals surface area contributed by atoms with Crippen molar-refractivity contribution in [2.45, 2.75) is 31.2 Å². The number of aromatic nitrogens is 2. The van der Waals surface area contributed by atoms with Crippen molar-refractivity contribution in [2.24, 2.45) is 0 Å². The van der Waals surface area contributed by atoms with Gasteiger partial charge in [0.15, 0.2) is 17.4 Å². The third kappa shape index (κ3) is 3.40. The Kier molecular flexibility index (Phi) is 4.79. The lowest BCUT2D eigenvalue weighted by Crippen LogP contribution is -2.46. The Hall–Kier alpha value is -3.24. The number of nitrogens with zero attached hydrogens (tertiary/aromatic N) is 3. The van der Waals surface area contributed by atoms with Gasteiger partial charge in [-0.2, -0.15) is 4.98 Å². The van der Waals surface area contributed by atoms with Crippen LogP contribution in [0.3, 0.4) is 0 Å². The number of benzene rings is 2. The molecule has 0 unspecified atom stereocenters. The number of hydrogen-bond acceptors (Lipinski definition) is 6. The molecule has 2 bridgehead atoms. The Morgan fingerprint density at radius 3 is 2.68 bits per heavy atom. The molecule has 34 heavy (non-hydrogen) atoms. The van der Waals surface area contributed by atoms with Gasteiger partial charge in [-0.3, -0.25) is 4.57 Å². The molecule has 2 saturated heterocycles. The Bertz CT molecular complexity index is 1360. The van der Waals surface area contributed by atoms with Gasteiger partial charge in [-0.15, -0.1) is 0 Å². The van der Waals surface area contributed by atoms with Crippen molar-refractivity contribution in [3.63, 3.8) is 0 Å². The fourth-order valence-electron chi connectivity index (χ4n) is 4.87. The fraction of sp³-hybridized carbons (Fsp3) is 0.304. The summed E-state index contributed by atoms with van der Waals surface area (Å²) in [7, 11) is 0. The summed E-state index contributed by atoms with van der Waals surface area (Å²) < 4.78 is 60.8. The second kappa shape index (κ2) is 7.64. The third-order valence-electron chi connectivity index (χ3n) is 6.40. The highest BCUT2D eigenvalue weighted by molar-refractivity contribution is 6.30. The second-order valence-corrected chi connectivity index (χ2v) is 9.06. The Morgan fingerprint density at radius 1 is 1.15 bits per heavy atom. The number of halogens is 4. The zero-order chi connectivity index (χ0) is 23.6. The van der Waals surface area contributed by atoms with Crippen LogP contribution in [0.2, 0.25) is 5.02 Å². The predicted molar refractivity (Wildman–Crippen MR) is 115 cm³/mol. The van der Waals surface area contributed by atoms with Crippen molar-refractivity contribution in [1.82, 2.24) is 9.55 Å². The van der Waals surface area contributed by atoms with Crippen molar-refractivity contribution in [2.75, 3.05) is 18.1 Å². The van der Waals surface area contributed by atoms with E-state index in [1.54, 1.807) is 10.6 Å². The molecule has 0 amide bonds. The molecule has 11 heteroatoms. The zero-order valence-corrected chi connectivity index (χ0v) is 18.3. The van der Waals surface area contributed by atoms with E-state index in [2.05, 4.69) is 9.88 Å². The van der Waals surface area contributed by atoms with Gasteiger partial charge < -0.3 is 19.1 Å². The average Bonchev–Trinajstić information content (AvgIpc) is 3.46. The summed E-state index contributed by atoms with van der Waals surface area (Å²) in [5, 5.41) is -0.138. The Labute approximate surface area is 196 Å². The summed E-state index contributed by atoms with van der Waals surface area (Å²) in [6, 6.07) is 7.18. The largest absolute Gasteiger partial charge is 0.473 e. The molecule has 2 atom stereocenters. The lowest BCUT2D eigenvalue weighted by atomic mass is 10.0. The summed E-state index contributed by atoms with van der Waals surface area (Å²) in [5.41, 5.74) is -0.500. The standard InChI is InChI=1S/C23H17ClF3N3O4/c24-15-2-1-13(5-16(15)25)34-21-17(26)3-12(4-18(21)27)9-32-19-6-20-29(22(31)28-19)10-23-7-14(33-11-23)8-30(20)23/h1-6,14H,7-11H2/t14-,23+/m0/s1. The average molecular weight is 492 g/mol. The molecule has 0 saturated carbocycles. The van der Waals surface area contributed by atoms with E-state index in [1.807, 2.05) is 0 Å². The van der Waals surface area contributed by atoms with Crippen LogP contribution in [-0.4, -0.2) is 34.3 Å². The molecule has 0 radical (unpaired) electrons. The maximum Gasteiger partial charge on any atom is 0.352 e. The van der Waals surface area contributed by atoms with Crippen molar-refractivity contribution in [3.8, 4) is 17.4 Å². The minimum atomic E-state index is -0.994. The molecule has 6 rings (SSSR count). The van der Waals surface area contributed by atoms with E-state index < -0.39 is 28.9 Å². The van der Waals surface area contributed by atoms with Crippen LogP contribution < -0.4 is 20.1 Å². The molecule has 4 heterocycles. The highest BCUT2D eigenvalue weighted by Gasteiger charge is 2.56. The summed E-state index contributed by atoms with van der Waals surface area (Å²) in [6.45, 7) is 1.54. The van der Waals surface area contributed by atoms with Crippen molar-refractivity contribution in [3.05, 3.63) is 74.9 Å². The van der Waals surface area contributed by atoms with Crippen LogP contribution in [0.5, 0.6) is 17.4 Å². The molecule has 1 spiro atoms. The van der Waals surface area contributed by atoms with Crippen molar-refractivity contribution in [1.29, 1.82) is 0 Å². The molecule has 3 aliphatic heterocycles. The maximum atomic E-state index is 14.6. The van der Waals surface area contributed by atoms with Gasteiger partial charge >= 0.3 is 5.69 Å². The van der Waals surface area contributed by atoms with E-state index in [-0.39, 0.29) is 40.5 Å². The van der Waals surface area contributed by atoms with Gasteiger partial charge in [0.2, 0.25) is 5.88 Å². The van der Waals surface area contributed by atoms with Gasteiger partial charge in [-0.1, -0.05) is 11.6 Å². The molecule has 3 aromatic rings. The van der Waals surface area contributed by atoms with Crippen LogP contribution in [0.25, 0.3) is 0 Å². The molecule has 3 aliphatic rings. The molecular weight excluding hydrogens is 475 g/mol. The highest BCUT2D eigenvalue weighted by Crippen LogP contribution is 2.46. The van der Waals surface area contributed by atoms with Crippen LogP contribution in [0.1, 0.15) is 12.0 Å². The lowest BCUT2D eigenvalue weighted by Gasteiger charge is -2.32. The van der Waals surface area contributed by atoms with E-state index in [4.69, 9.17) is 25.8 Å². The molecule has 176 valence electrons. The smallest absolute Gasteiger partial charge is 0.352 e. The number of hydrogen-bond donors (Lipinski definition) is 0. The highest BCUT2D eigenvalue weighted by atomic mass is 35.5. The molecule has 7 nitrogen and oxygen atoms in total. The van der Waals surface area contributed by atoms with Crippen LogP contribution in [-0.2, 0) is 17.9 Å². The maximum absolute atomic E-state index is 14.6. The minimum Gasteiger partial charge on any atom is -0.473 e. The molecule has 2 aromatic carbocycles. The molecule has 1 aromatic heterocycles.